The Morgan fingerprint density at radius 2 is 2.22 bits per heavy atom. The number of pyridine rings is 1. The van der Waals surface area contributed by atoms with Gasteiger partial charge in [-0.3, -0.25) is 5.10 Å². The van der Waals surface area contributed by atoms with E-state index in [0.29, 0.717) is 5.15 Å². The highest BCUT2D eigenvalue weighted by Gasteiger charge is 2.22. The zero-order valence-electron chi connectivity index (χ0n) is 10.4. The topological polar surface area (TPSA) is 41.6 Å². The molecule has 2 heterocycles. The third-order valence-corrected chi connectivity index (χ3v) is 3.65. The molecule has 0 spiro atoms. The number of H-pyrrole nitrogens is 1. The second-order valence-electron chi connectivity index (χ2n) is 5.11. The van der Waals surface area contributed by atoms with Crippen LogP contribution >= 0.6 is 11.6 Å². The zero-order valence-corrected chi connectivity index (χ0v) is 11.2. The second kappa shape index (κ2) is 4.73. The Balaban J connectivity index is 1.72. The van der Waals surface area contributed by atoms with E-state index < -0.39 is 0 Å². The number of hydrogen-bond donors (Lipinski definition) is 1. The number of halogens is 1. The summed E-state index contributed by atoms with van der Waals surface area (Å²) >= 11 is 6.14. The normalized spacial score (nSPS) is 15.0. The Bertz CT molecular complexity index is 558. The summed E-state index contributed by atoms with van der Waals surface area (Å²) in [5.41, 5.74) is 4.27. The molecule has 18 heavy (non-hydrogen) atoms. The van der Waals surface area contributed by atoms with Crippen LogP contribution in [0.2, 0.25) is 5.15 Å². The second-order valence-corrected chi connectivity index (χ2v) is 5.47. The minimum atomic E-state index is 0.591. The molecule has 3 nitrogen and oxygen atoms in total. The van der Waals surface area contributed by atoms with Crippen molar-refractivity contribution in [2.24, 2.45) is 5.92 Å². The largest absolute Gasteiger partial charge is 0.282 e. The third kappa shape index (κ3) is 2.72. The molecule has 2 aromatic rings. The van der Waals surface area contributed by atoms with Crippen molar-refractivity contribution in [1.29, 1.82) is 0 Å². The lowest BCUT2D eigenvalue weighted by Crippen LogP contribution is -1.93. The van der Waals surface area contributed by atoms with Crippen LogP contribution in [0.4, 0.5) is 0 Å². The summed E-state index contributed by atoms with van der Waals surface area (Å²) in [5, 5.41) is 8.04. The molecule has 1 N–H and O–H groups in total. The number of aryl methyl sites for hydroxylation is 1. The molecule has 0 atom stereocenters. The maximum absolute atomic E-state index is 6.14. The van der Waals surface area contributed by atoms with E-state index in [2.05, 4.69) is 21.2 Å². The van der Waals surface area contributed by atoms with Gasteiger partial charge in [0.25, 0.3) is 0 Å². The molecule has 2 aromatic heterocycles. The highest BCUT2D eigenvalue weighted by Crippen LogP contribution is 2.32. The molecule has 1 aliphatic carbocycles. The van der Waals surface area contributed by atoms with Crippen molar-refractivity contribution < 1.29 is 0 Å². The predicted octanol–water partition coefficient (Wildman–Crippen LogP) is 3.31. The molecule has 1 aliphatic rings. The summed E-state index contributed by atoms with van der Waals surface area (Å²) in [6.45, 7) is 1.94. The van der Waals surface area contributed by atoms with Crippen molar-refractivity contribution in [1.82, 2.24) is 15.2 Å². The Hall–Kier alpha value is -1.35. The van der Waals surface area contributed by atoms with Crippen molar-refractivity contribution in [2.75, 3.05) is 0 Å². The molecule has 3 rings (SSSR count). The Morgan fingerprint density at radius 1 is 1.39 bits per heavy atom. The van der Waals surface area contributed by atoms with Crippen LogP contribution in [0, 0.1) is 12.8 Å². The van der Waals surface area contributed by atoms with E-state index in [1.54, 1.807) is 0 Å². The van der Waals surface area contributed by atoms with E-state index in [9.17, 15) is 0 Å². The van der Waals surface area contributed by atoms with Crippen molar-refractivity contribution in [3.8, 4) is 0 Å². The average molecular weight is 262 g/mol. The van der Waals surface area contributed by atoms with Crippen molar-refractivity contribution in [2.45, 2.75) is 32.6 Å². The van der Waals surface area contributed by atoms with Gasteiger partial charge >= 0.3 is 0 Å². The molecule has 0 saturated heterocycles. The van der Waals surface area contributed by atoms with Crippen molar-refractivity contribution in [3.63, 3.8) is 0 Å². The smallest absolute Gasteiger partial charge is 0.132 e. The summed E-state index contributed by atoms with van der Waals surface area (Å²) in [4.78, 5) is 4.27. The first-order chi connectivity index (χ1) is 8.70. The van der Waals surface area contributed by atoms with Gasteiger partial charge in [0.15, 0.2) is 0 Å². The van der Waals surface area contributed by atoms with E-state index in [-0.39, 0.29) is 0 Å². The van der Waals surface area contributed by atoms with Gasteiger partial charge in [-0.1, -0.05) is 17.7 Å². The van der Waals surface area contributed by atoms with E-state index in [1.807, 2.05) is 19.1 Å². The van der Waals surface area contributed by atoms with Crippen LogP contribution in [-0.2, 0) is 12.8 Å². The average Bonchev–Trinajstić information content (AvgIpc) is 3.02. The Kier molecular flexibility index (Phi) is 3.08. The number of aromatic nitrogens is 3. The van der Waals surface area contributed by atoms with Crippen LogP contribution < -0.4 is 0 Å². The van der Waals surface area contributed by atoms with E-state index in [1.165, 1.54) is 18.5 Å². The molecule has 94 valence electrons. The van der Waals surface area contributed by atoms with Crippen molar-refractivity contribution in [3.05, 3.63) is 46.0 Å². The number of aromatic amines is 1. The monoisotopic (exact) mass is 261 g/mol. The highest BCUT2D eigenvalue weighted by molar-refractivity contribution is 6.30. The number of hydrogen-bond acceptors (Lipinski definition) is 2. The molecule has 0 amide bonds. The summed E-state index contributed by atoms with van der Waals surface area (Å²) in [7, 11) is 0. The van der Waals surface area contributed by atoms with Gasteiger partial charge in [0.2, 0.25) is 0 Å². The van der Waals surface area contributed by atoms with Gasteiger partial charge in [0, 0.05) is 17.8 Å². The van der Waals surface area contributed by atoms with Crippen LogP contribution in [0.25, 0.3) is 0 Å². The SMILES string of the molecule is Cc1ccc(Cc2cc(CC3CC3)n[nH]2)c(Cl)n1. The quantitative estimate of drug-likeness (QED) is 0.858. The summed E-state index contributed by atoms with van der Waals surface area (Å²) < 4.78 is 0. The van der Waals surface area contributed by atoms with Gasteiger partial charge < -0.3 is 0 Å². The first-order valence-electron chi connectivity index (χ1n) is 6.36. The van der Waals surface area contributed by atoms with Gasteiger partial charge in [-0.15, -0.1) is 0 Å². The van der Waals surface area contributed by atoms with Crippen LogP contribution in [0.15, 0.2) is 18.2 Å². The molecule has 1 saturated carbocycles. The minimum absolute atomic E-state index is 0.591. The maximum atomic E-state index is 6.14. The fourth-order valence-corrected chi connectivity index (χ4v) is 2.38. The fourth-order valence-electron chi connectivity index (χ4n) is 2.11. The lowest BCUT2D eigenvalue weighted by molar-refractivity contribution is 0.795. The summed E-state index contributed by atoms with van der Waals surface area (Å²) in [5.74, 6) is 0.866. The first-order valence-corrected chi connectivity index (χ1v) is 6.73. The van der Waals surface area contributed by atoms with Crippen LogP contribution in [0.5, 0.6) is 0 Å². The molecule has 1 fully saturated rings. The number of nitrogens with one attached hydrogen (secondary N) is 1. The first kappa shape index (κ1) is 11.7. The Morgan fingerprint density at radius 3 is 2.94 bits per heavy atom. The maximum Gasteiger partial charge on any atom is 0.132 e. The van der Waals surface area contributed by atoms with Gasteiger partial charge in [-0.25, -0.2) is 4.98 Å². The van der Waals surface area contributed by atoms with Crippen molar-refractivity contribution >= 4 is 11.6 Å². The minimum Gasteiger partial charge on any atom is -0.282 e. The lowest BCUT2D eigenvalue weighted by atomic mass is 10.1. The molecule has 4 heteroatoms. The van der Waals surface area contributed by atoms with Gasteiger partial charge in [0.05, 0.1) is 5.69 Å². The standard InChI is InChI=1S/C14H16ClN3/c1-9-2-5-11(14(15)16-9)7-13-8-12(17-18-13)6-10-3-4-10/h2,5,8,10H,3-4,6-7H2,1H3,(H,17,18). The molecule has 0 bridgehead atoms. The van der Waals surface area contributed by atoms with Crippen LogP contribution in [0.1, 0.15) is 35.5 Å². The molecule has 0 unspecified atom stereocenters. The molecule has 0 aliphatic heterocycles. The van der Waals surface area contributed by atoms with Crippen LogP contribution in [-0.4, -0.2) is 15.2 Å². The van der Waals surface area contributed by atoms with E-state index >= 15 is 0 Å². The van der Waals surface area contributed by atoms with Gasteiger partial charge in [-0.05, 0) is 49.8 Å². The van der Waals surface area contributed by atoms with E-state index in [4.69, 9.17) is 11.6 Å². The summed E-state index contributed by atoms with van der Waals surface area (Å²) in [6, 6.07) is 6.17. The third-order valence-electron chi connectivity index (χ3n) is 3.32. The van der Waals surface area contributed by atoms with Gasteiger partial charge in [0.1, 0.15) is 5.15 Å². The van der Waals surface area contributed by atoms with Crippen LogP contribution in [0.3, 0.4) is 0 Å². The molecule has 0 aromatic carbocycles. The molecular formula is C14H16ClN3. The highest BCUT2D eigenvalue weighted by atomic mass is 35.5. The molecule has 0 radical (unpaired) electrons. The number of rotatable bonds is 4. The predicted molar refractivity (Wildman–Crippen MR) is 71.8 cm³/mol. The molecular weight excluding hydrogens is 246 g/mol. The van der Waals surface area contributed by atoms with Gasteiger partial charge in [-0.2, -0.15) is 5.10 Å². The summed E-state index contributed by atoms with van der Waals surface area (Å²) in [6.07, 6.45) is 4.59. The lowest BCUT2D eigenvalue weighted by Gasteiger charge is -2.02. The zero-order chi connectivity index (χ0) is 12.5. The van der Waals surface area contributed by atoms with E-state index in [0.717, 1.165) is 35.7 Å². The number of nitrogens with zero attached hydrogens (tertiary/aromatic N) is 2. The Labute approximate surface area is 112 Å². The fraction of sp³-hybridized carbons (Fsp3) is 0.429.